The molecule has 3 aromatic rings. The average molecular weight is 356 g/mol. The van der Waals surface area contributed by atoms with Crippen molar-refractivity contribution in [2.75, 3.05) is 6.54 Å². The molecule has 0 N–H and O–H groups in total. The van der Waals surface area contributed by atoms with Crippen LogP contribution in [0.25, 0.3) is 0 Å². The molecule has 0 unspecified atom stereocenters. The van der Waals surface area contributed by atoms with E-state index in [1.54, 1.807) is 12.3 Å². The van der Waals surface area contributed by atoms with Crippen molar-refractivity contribution in [3.63, 3.8) is 0 Å². The Kier molecular flexibility index (Phi) is 4.66. The van der Waals surface area contributed by atoms with Crippen LogP contribution in [-0.4, -0.2) is 42.1 Å². The number of aromatic nitrogens is 5. The third-order valence-electron chi connectivity index (χ3n) is 4.45. The molecule has 136 valence electrons. The first kappa shape index (κ1) is 16.7. The topological polar surface area (TPSA) is 61.0 Å². The van der Waals surface area contributed by atoms with Crippen molar-refractivity contribution < 1.29 is 9.13 Å². The molecule has 0 saturated heterocycles. The lowest BCUT2D eigenvalue weighted by Crippen LogP contribution is -2.35. The lowest BCUT2D eigenvalue weighted by Gasteiger charge is -2.23. The molecule has 3 aromatic heterocycles. The maximum atomic E-state index is 13.9. The largest absolute Gasteiger partial charge is 0.469 e. The van der Waals surface area contributed by atoms with E-state index in [1.165, 1.54) is 12.3 Å². The van der Waals surface area contributed by atoms with Crippen molar-refractivity contribution in [2.24, 2.45) is 0 Å². The molecule has 0 radical (unpaired) electrons. The molecule has 0 amide bonds. The number of ether oxygens (including phenoxy) is 1. The quantitative estimate of drug-likeness (QED) is 0.701. The number of halogens is 1. The van der Waals surface area contributed by atoms with Crippen molar-refractivity contribution in [1.29, 1.82) is 0 Å². The van der Waals surface area contributed by atoms with E-state index < -0.39 is 5.82 Å². The zero-order chi connectivity index (χ0) is 17.9. The second-order valence-corrected chi connectivity index (χ2v) is 6.41. The normalized spacial score (nSPS) is 17.7. The molecular formula is C18H21FN6O. The highest BCUT2D eigenvalue weighted by Gasteiger charge is 2.25. The van der Waals surface area contributed by atoms with Crippen LogP contribution in [0.4, 0.5) is 4.39 Å². The number of aryl methyl sites for hydroxylation is 1. The Morgan fingerprint density at radius 1 is 1.23 bits per heavy atom. The van der Waals surface area contributed by atoms with E-state index in [4.69, 9.17) is 4.74 Å². The summed E-state index contributed by atoms with van der Waals surface area (Å²) in [6.07, 6.45) is 7.01. The van der Waals surface area contributed by atoms with Gasteiger partial charge >= 0.3 is 0 Å². The summed E-state index contributed by atoms with van der Waals surface area (Å²) in [5.41, 5.74) is 2.25. The van der Waals surface area contributed by atoms with Gasteiger partial charge in [0.15, 0.2) is 5.82 Å². The molecule has 0 spiro atoms. The van der Waals surface area contributed by atoms with Crippen LogP contribution in [0, 0.1) is 5.82 Å². The highest BCUT2D eigenvalue weighted by molar-refractivity contribution is 5.14. The molecule has 0 bridgehead atoms. The zero-order valence-electron chi connectivity index (χ0n) is 14.6. The molecule has 26 heavy (non-hydrogen) atoms. The summed E-state index contributed by atoms with van der Waals surface area (Å²) in [6, 6.07) is 4.92. The SMILES string of the molecule is CCn1cc(CN2Cc3ccnn3C[C@@H](Oc3ncccc3F)C2)cn1. The number of fused-ring (bicyclic) bond motifs is 1. The van der Waals surface area contributed by atoms with Crippen molar-refractivity contribution in [2.45, 2.75) is 39.2 Å². The molecule has 0 aliphatic carbocycles. The second-order valence-electron chi connectivity index (χ2n) is 6.41. The van der Waals surface area contributed by atoms with E-state index >= 15 is 0 Å². The Bertz CT molecular complexity index is 876. The monoisotopic (exact) mass is 356 g/mol. The molecule has 7 nitrogen and oxygen atoms in total. The van der Waals surface area contributed by atoms with E-state index in [0.717, 1.165) is 30.9 Å². The molecule has 4 rings (SSSR count). The first-order valence-corrected chi connectivity index (χ1v) is 8.73. The Labute approximate surface area is 151 Å². The standard InChI is InChI=1S/C18H21FN6O/c1-2-24-10-14(8-22-24)9-23-11-15-5-7-21-25(15)13-16(12-23)26-18-17(19)4-3-6-20-18/h3-8,10,16H,2,9,11-13H2,1H3/t16-/m0/s1. The van der Waals surface area contributed by atoms with Crippen LogP contribution in [-0.2, 0) is 26.2 Å². The minimum absolute atomic E-state index is 0.0341. The van der Waals surface area contributed by atoms with Crippen molar-refractivity contribution in [3.05, 3.63) is 60.1 Å². The fourth-order valence-corrected chi connectivity index (χ4v) is 3.22. The number of hydrogen-bond donors (Lipinski definition) is 0. The zero-order valence-corrected chi connectivity index (χ0v) is 14.6. The van der Waals surface area contributed by atoms with Gasteiger partial charge in [0.2, 0.25) is 0 Å². The lowest BCUT2D eigenvalue weighted by atomic mass is 10.2. The van der Waals surface area contributed by atoms with E-state index in [0.29, 0.717) is 13.1 Å². The summed E-state index contributed by atoms with van der Waals surface area (Å²) in [6.45, 7) is 5.61. The van der Waals surface area contributed by atoms with Gasteiger partial charge in [0.1, 0.15) is 6.10 Å². The Balaban J connectivity index is 1.54. The molecule has 0 aromatic carbocycles. The predicted molar refractivity (Wildman–Crippen MR) is 92.9 cm³/mol. The van der Waals surface area contributed by atoms with Crippen molar-refractivity contribution in [3.8, 4) is 5.88 Å². The molecule has 0 fully saturated rings. The van der Waals surface area contributed by atoms with Crippen LogP contribution in [0.3, 0.4) is 0 Å². The van der Waals surface area contributed by atoms with Crippen molar-refractivity contribution >= 4 is 0 Å². The highest BCUT2D eigenvalue weighted by Crippen LogP contribution is 2.19. The molecule has 1 aliphatic rings. The summed E-state index contributed by atoms with van der Waals surface area (Å²) >= 11 is 0. The molecule has 8 heteroatoms. The molecule has 4 heterocycles. The van der Waals surface area contributed by atoms with E-state index in [2.05, 4.69) is 33.2 Å². The number of hydrogen-bond acceptors (Lipinski definition) is 5. The van der Waals surface area contributed by atoms with Crippen LogP contribution < -0.4 is 4.74 Å². The Hall–Kier alpha value is -2.74. The summed E-state index contributed by atoms with van der Waals surface area (Å²) < 4.78 is 23.6. The van der Waals surface area contributed by atoms with Gasteiger partial charge in [-0.05, 0) is 25.1 Å². The Morgan fingerprint density at radius 2 is 2.15 bits per heavy atom. The number of pyridine rings is 1. The van der Waals surface area contributed by atoms with Gasteiger partial charge in [-0.25, -0.2) is 9.37 Å². The van der Waals surface area contributed by atoms with Crippen LogP contribution in [0.2, 0.25) is 0 Å². The van der Waals surface area contributed by atoms with Gasteiger partial charge < -0.3 is 4.74 Å². The maximum Gasteiger partial charge on any atom is 0.250 e. The highest BCUT2D eigenvalue weighted by atomic mass is 19.1. The van der Waals surface area contributed by atoms with Crippen LogP contribution >= 0.6 is 0 Å². The summed E-state index contributed by atoms with van der Waals surface area (Å²) in [5.74, 6) is -0.417. The fraction of sp³-hybridized carbons (Fsp3) is 0.389. The maximum absolute atomic E-state index is 13.9. The third kappa shape index (κ3) is 3.60. The van der Waals surface area contributed by atoms with Gasteiger partial charge in [-0.15, -0.1) is 0 Å². The van der Waals surface area contributed by atoms with Gasteiger partial charge in [-0.2, -0.15) is 10.2 Å². The van der Waals surface area contributed by atoms with Crippen LogP contribution in [0.15, 0.2) is 43.0 Å². The molecular weight excluding hydrogens is 335 g/mol. The van der Waals surface area contributed by atoms with Crippen molar-refractivity contribution in [1.82, 2.24) is 29.4 Å². The van der Waals surface area contributed by atoms with Crippen LogP contribution in [0.1, 0.15) is 18.2 Å². The fourth-order valence-electron chi connectivity index (χ4n) is 3.22. The predicted octanol–water partition coefficient (Wildman–Crippen LogP) is 2.10. The summed E-state index contributed by atoms with van der Waals surface area (Å²) in [7, 11) is 0. The molecule has 1 aliphatic heterocycles. The van der Waals surface area contributed by atoms with Gasteiger partial charge in [-0.3, -0.25) is 14.3 Å². The van der Waals surface area contributed by atoms with E-state index in [1.807, 2.05) is 21.6 Å². The lowest BCUT2D eigenvalue weighted by molar-refractivity contribution is 0.113. The van der Waals surface area contributed by atoms with Gasteiger partial charge in [0, 0.05) is 50.3 Å². The van der Waals surface area contributed by atoms with E-state index in [-0.39, 0.29) is 12.0 Å². The first-order chi connectivity index (χ1) is 12.7. The average Bonchev–Trinajstić information content (AvgIpc) is 3.23. The minimum atomic E-state index is -0.451. The smallest absolute Gasteiger partial charge is 0.250 e. The first-order valence-electron chi connectivity index (χ1n) is 8.73. The third-order valence-corrected chi connectivity index (χ3v) is 4.45. The molecule has 0 saturated carbocycles. The number of rotatable bonds is 5. The van der Waals surface area contributed by atoms with Gasteiger partial charge in [0.25, 0.3) is 5.88 Å². The summed E-state index contributed by atoms with van der Waals surface area (Å²) in [4.78, 5) is 6.28. The Morgan fingerprint density at radius 3 is 2.96 bits per heavy atom. The minimum Gasteiger partial charge on any atom is -0.469 e. The second kappa shape index (κ2) is 7.25. The van der Waals surface area contributed by atoms with Gasteiger partial charge in [0.05, 0.1) is 18.4 Å². The molecule has 1 atom stereocenters. The van der Waals surface area contributed by atoms with E-state index in [9.17, 15) is 4.39 Å². The van der Waals surface area contributed by atoms with Crippen LogP contribution in [0.5, 0.6) is 5.88 Å². The summed E-state index contributed by atoms with van der Waals surface area (Å²) in [5, 5.41) is 8.71. The van der Waals surface area contributed by atoms with Gasteiger partial charge in [-0.1, -0.05) is 0 Å². The number of nitrogens with zero attached hydrogens (tertiary/aromatic N) is 6.